The van der Waals surface area contributed by atoms with Gasteiger partial charge in [-0.25, -0.2) is 4.98 Å². The lowest BCUT2D eigenvalue weighted by Gasteiger charge is -2.07. The lowest BCUT2D eigenvalue weighted by molar-refractivity contribution is 0.969. The zero-order valence-electron chi connectivity index (χ0n) is 12.1. The molecule has 0 amide bonds. The minimum absolute atomic E-state index is 0.565. The van der Waals surface area contributed by atoms with Crippen LogP contribution in [-0.4, -0.2) is 11.5 Å². The van der Waals surface area contributed by atoms with Gasteiger partial charge in [-0.3, -0.25) is 0 Å². The average molecular weight is 277 g/mol. The summed E-state index contributed by atoms with van der Waals surface area (Å²) in [4.78, 5) is 4.43. The Balaban J connectivity index is 2.04. The topological polar surface area (TPSA) is 64.9 Å². The van der Waals surface area contributed by atoms with Crippen molar-refractivity contribution in [1.82, 2.24) is 4.98 Å². The third-order valence-corrected chi connectivity index (χ3v) is 3.76. The van der Waals surface area contributed by atoms with Gasteiger partial charge in [0.05, 0.1) is 5.52 Å². The van der Waals surface area contributed by atoms with Crippen LogP contribution in [0.2, 0.25) is 0 Å². The van der Waals surface area contributed by atoms with Crippen molar-refractivity contribution < 1.29 is 0 Å². The zero-order valence-corrected chi connectivity index (χ0v) is 12.1. The van der Waals surface area contributed by atoms with Crippen LogP contribution in [0, 0.1) is 6.92 Å². The Morgan fingerprint density at radius 1 is 0.952 bits per heavy atom. The number of nitrogen functional groups attached to an aromatic ring is 1. The number of benzene rings is 2. The van der Waals surface area contributed by atoms with E-state index in [9.17, 15) is 0 Å². The van der Waals surface area contributed by atoms with Gasteiger partial charge in [0.1, 0.15) is 5.82 Å². The SMILES string of the molecule is Cc1cc(N)nc2cc(-c3ccc(CCN)cc3)ccc12. The summed E-state index contributed by atoms with van der Waals surface area (Å²) in [6.45, 7) is 2.74. The third kappa shape index (κ3) is 2.73. The first-order valence-electron chi connectivity index (χ1n) is 7.13. The van der Waals surface area contributed by atoms with Crippen molar-refractivity contribution in [1.29, 1.82) is 0 Å². The van der Waals surface area contributed by atoms with Crippen LogP contribution in [0.25, 0.3) is 22.0 Å². The highest BCUT2D eigenvalue weighted by Crippen LogP contribution is 2.26. The van der Waals surface area contributed by atoms with Crippen molar-refractivity contribution in [3.8, 4) is 11.1 Å². The molecule has 0 aliphatic rings. The fourth-order valence-electron chi connectivity index (χ4n) is 2.64. The van der Waals surface area contributed by atoms with Crippen molar-refractivity contribution in [2.45, 2.75) is 13.3 Å². The highest BCUT2D eigenvalue weighted by atomic mass is 14.8. The zero-order chi connectivity index (χ0) is 14.8. The van der Waals surface area contributed by atoms with Gasteiger partial charge in [-0.1, -0.05) is 36.4 Å². The average Bonchev–Trinajstić information content (AvgIpc) is 2.47. The van der Waals surface area contributed by atoms with Gasteiger partial charge in [0.15, 0.2) is 0 Å². The second-order valence-corrected chi connectivity index (χ2v) is 5.33. The van der Waals surface area contributed by atoms with Gasteiger partial charge >= 0.3 is 0 Å². The molecule has 0 aliphatic heterocycles. The van der Waals surface area contributed by atoms with Crippen LogP contribution in [-0.2, 0) is 6.42 Å². The Hall–Kier alpha value is -2.39. The molecule has 3 rings (SSSR count). The number of fused-ring (bicyclic) bond motifs is 1. The molecule has 0 spiro atoms. The fourth-order valence-corrected chi connectivity index (χ4v) is 2.64. The molecule has 3 aromatic rings. The van der Waals surface area contributed by atoms with E-state index in [1.807, 2.05) is 6.07 Å². The van der Waals surface area contributed by atoms with Crippen LogP contribution in [0.5, 0.6) is 0 Å². The highest BCUT2D eigenvalue weighted by Gasteiger charge is 2.04. The maximum Gasteiger partial charge on any atom is 0.124 e. The third-order valence-electron chi connectivity index (χ3n) is 3.76. The predicted molar refractivity (Wildman–Crippen MR) is 89.1 cm³/mol. The Morgan fingerprint density at radius 2 is 1.67 bits per heavy atom. The van der Waals surface area contributed by atoms with Crippen molar-refractivity contribution in [2.75, 3.05) is 12.3 Å². The number of aromatic nitrogens is 1. The van der Waals surface area contributed by atoms with Crippen molar-refractivity contribution in [2.24, 2.45) is 5.73 Å². The number of hydrogen-bond acceptors (Lipinski definition) is 3. The molecule has 0 radical (unpaired) electrons. The first kappa shape index (κ1) is 13.6. The minimum Gasteiger partial charge on any atom is -0.384 e. The normalized spacial score (nSPS) is 11.0. The number of pyridine rings is 1. The predicted octanol–water partition coefficient (Wildman–Crippen LogP) is 3.29. The number of hydrogen-bond donors (Lipinski definition) is 2. The molecule has 2 aromatic carbocycles. The summed E-state index contributed by atoms with van der Waals surface area (Å²) < 4.78 is 0. The summed E-state index contributed by atoms with van der Waals surface area (Å²) >= 11 is 0. The molecule has 4 N–H and O–H groups in total. The second kappa shape index (κ2) is 5.54. The number of nitrogens with two attached hydrogens (primary N) is 2. The van der Waals surface area contributed by atoms with E-state index in [4.69, 9.17) is 11.5 Å². The Kier molecular flexibility index (Phi) is 3.59. The van der Waals surface area contributed by atoms with E-state index in [2.05, 4.69) is 54.4 Å². The summed E-state index contributed by atoms with van der Waals surface area (Å²) in [6, 6.07) is 16.8. The molecule has 0 saturated carbocycles. The quantitative estimate of drug-likeness (QED) is 0.772. The Morgan fingerprint density at radius 3 is 2.38 bits per heavy atom. The van der Waals surface area contributed by atoms with Gasteiger partial charge in [-0.15, -0.1) is 0 Å². The maximum atomic E-state index is 5.84. The molecule has 1 aromatic heterocycles. The molecule has 0 unspecified atom stereocenters. The lowest BCUT2D eigenvalue weighted by Crippen LogP contribution is -2.02. The van der Waals surface area contributed by atoms with Crippen LogP contribution < -0.4 is 11.5 Å². The van der Waals surface area contributed by atoms with E-state index < -0.39 is 0 Å². The van der Waals surface area contributed by atoms with Crippen molar-refractivity contribution in [3.63, 3.8) is 0 Å². The van der Waals surface area contributed by atoms with Crippen molar-refractivity contribution >= 4 is 16.7 Å². The molecule has 0 aliphatic carbocycles. The molecular formula is C18H19N3. The van der Waals surface area contributed by atoms with Gasteiger partial charge in [-0.2, -0.15) is 0 Å². The highest BCUT2D eigenvalue weighted by molar-refractivity contribution is 5.87. The summed E-state index contributed by atoms with van der Waals surface area (Å²) in [5.41, 5.74) is 17.1. The van der Waals surface area contributed by atoms with Crippen LogP contribution in [0.4, 0.5) is 5.82 Å². The molecule has 21 heavy (non-hydrogen) atoms. The molecule has 1 heterocycles. The molecule has 3 nitrogen and oxygen atoms in total. The number of anilines is 1. The molecule has 0 saturated heterocycles. The van der Waals surface area contributed by atoms with Gasteiger partial charge in [0.25, 0.3) is 0 Å². The largest absolute Gasteiger partial charge is 0.384 e. The fraction of sp³-hybridized carbons (Fsp3) is 0.167. The molecule has 3 heteroatoms. The second-order valence-electron chi connectivity index (χ2n) is 5.33. The van der Waals surface area contributed by atoms with E-state index in [-0.39, 0.29) is 0 Å². The smallest absolute Gasteiger partial charge is 0.124 e. The molecule has 0 atom stereocenters. The van der Waals surface area contributed by atoms with E-state index in [0.29, 0.717) is 12.4 Å². The van der Waals surface area contributed by atoms with Crippen LogP contribution >= 0.6 is 0 Å². The first-order valence-corrected chi connectivity index (χ1v) is 7.13. The molecule has 0 bridgehead atoms. The summed E-state index contributed by atoms with van der Waals surface area (Å²) in [6.07, 6.45) is 0.912. The van der Waals surface area contributed by atoms with E-state index in [1.165, 1.54) is 11.1 Å². The Bertz CT molecular complexity index is 776. The monoisotopic (exact) mass is 277 g/mol. The first-order chi connectivity index (χ1) is 10.2. The van der Waals surface area contributed by atoms with Crippen LogP contribution in [0.1, 0.15) is 11.1 Å². The number of aryl methyl sites for hydroxylation is 1. The number of nitrogens with zero attached hydrogens (tertiary/aromatic N) is 1. The van der Waals surface area contributed by atoms with Gasteiger partial charge in [-0.05, 0) is 54.3 Å². The van der Waals surface area contributed by atoms with Crippen LogP contribution in [0.3, 0.4) is 0 Å². The van der Waals surface area contributed by atoms with Gasteiger partial charge in [0, 0.05) is 5.39 Å². The van der Waals surface area contributed by atoms with Gasteiger partial charge in [0.2, 0.25) is 0 Å². The van der Waals surface area contributed by atoms with E-state index in [0.717, 1.165) is 28.5 Å². The molecule has 0 fully saturated rings. The van der Waals surface area contributed by atoms with Crippen molar-refractivity contribution in [3.05, 3.63) is 59.7 Å². The summed E-state index contributed by atoms with van der Waals surface area (Å²) in [5, 5.41) is 1.15. The molecular weight excluding hydrogens is 258 g/mol. The molecule has 106 valence electrons. The summed E-state index contributed by atoms with van der Waals surface area (Å²) in [5.74, 6) is 0.565. The standard InChI is InChI=1S/C18H19N3/c1-12-10-18(20)21-17-11-15(6-7-16(12)17)14-4-2-13(3-5-14)8-9-19/h2-7,10-11H,8-9,19H2,1H3,(H2,20,21). The van der Waals surface area contributed by atoms with Crippen LogP contribution in [0.15, 0.2) is 48.5 Å². The van der Waals surface area contributed by atoms with E-state index >= 15 is 0 Å². The van der Waals surface area contributed by atoms with Gasteiger partial charge < -0.3 is 11.5 Å². The Labute approximate surface area is 124 Å². The van der Waals surface area contributed by atoms with E-state index in [1.54, 1.807) is 0 Å². The number of rotatable bonds is 3. The lowest BCUT2D eigenvalue weighted by atomic mass is 10.0. The minimum atomic E-state index is 0.565. The summed E-state index contributed by atoms with van der Waals surface area (Å²) in [7, 11) is 0. The maximum absolute atomic E-state index is 5.84.